The minimum Gasteiger partial charge on any atom is -0.135 e. The molecule has 1 heteroatoms. The molecule has 3 aromatic rings. The second kappa shape index (κ2) is 2.57. The van der Waals surface area contributed by atoms with Gasteiger partial charge in [0.15, 0.2) is 0 Å². The zero-order valence-electron chi connectivity index (χ0n) is 13.4. The minimum atomic E-state index is -0.344. The molecular formula is C12H7S. The molecular weight excluding hydrogens is 176 g/mol. The Bertz CT molecular complexity index is 881. The van der Waals surface area contributed by atoms with Crippen molar-refractivity contribution in [2.75, 3.05) is 0 Å². The Morgan fingerprint density at radius 3 is 2.92 bits per heavy atom. The van der Waals surface area contributed by atoms with E-state index >= 15 is 0 Å². The van der Waals surface area contributed by atoms with Crippen molar-refractivity contribution in [1.29, 1.82) is 0 Å². The maximum atomic E-state index is 7.95. The summed E-state index contributed by atoms with van der Waals surface area (Å²) in [5.41, 5.74) is 0. The molecule has 0 fully saturated rings. The summed E-state index contributed by atoms with van der Waals surface area (Å²) in [5, 5.41) is 0.598. The summed E-state index contributed by atoms with van der Waals surface area (Å²) in [6.45, 7) is 0. The van der Waals surface area contributed by atoms with Crippen LogP contribution in [0, 0.1) is 6.07 Å². The lowest BCUT2D eigenvalue weighted by Crippen LogP contribution is -1.63. The number of thiophene rings is 1. The van der Waals surface area contributed by atoms with Crippen molar-refractivity contribution in [2.24, 2.45) is 0 Å². The van der Waals surface area contributed by atoms with Gasteiger partial charge in [-0.2, -0.15) is 0 Å². The van der Waals surface area contributed by atoms with E-state index in [1.807, 2.05) is 0 Å². The number of fused-ring (bicyclic) bond motifs is 3. The maximum Gasteiger partial charge on any atom is 0.0638 e. The molecule has 0 atom stereocenters. The molecule has 0 unspecified atom stereocenters. The first kappa shape index (κ1) is 3.10. The Labute approximate surface area is 90.3 Å². The summed E-state index contributed by atoms with van der Waals surface area (Å²) >= 11 is 1.04. The van der Waals surface area contributed by atoms with Crippen molar-refractivity contribution in [2.45, 2.75) is 0 Å². The molecule has 0 bridgehead atoms. The van der Waals surface area contributed by atoms with Crippen LogP contribution >= 0.6 is 11.3 Å². The quantitative estimate of drug-likeness (QED) is 0.505. The highest BCUT2D eigenvalue weighted by molar-refractivity contribution is 7.25. The van der Waals surface area contributed by atoms with Gasteiger partial charge in [0.25, 0.3) is 0 Å². The molecule has 0 nitrogen and oxygen atoms in total. The van der Waals surface area contributed by atoms with Crippen LogP contribution in [0.4, 0.5) is 0 Å². The normalized spacial score (nSPS) is 18.6. The summed E-state index contributed by atoms with van der Waals surface area (Å²) in [5.74, 6) is 0. The monoisotopic (exact) mass is 190 g/mol. The Morgan fingerprint density at radius 1 is 1.08 bits per heavy atom. The molecule has 0 saturated carbocycles. The SMILES string of the molecule is [2H]c1[c]c2c(sc3c([2H])c([2H])c([2H])c([2H])c32)c([2H])c1[2H]. The van der Waals surface area contributed by atoms with Crippen LogP contribution in [0.1, 0.15) is 9.60 Å². The van der Waals surface area contributed by atoms with Gasteiger partial charge in [-0.25, -0.2) is 0 Å². The van der Waals surface area contributed by atoms with Crippen LogP contribution in [-0.2, 0) is 0 Å². The maximum absolute atomic E-state index is 7.95. The van der Waals surface area contributed by atoms with Gasteiger partial charge in [-0.05, 0) is 18.2 Å². The number of hydrogen-bond donors (Lipinski definition) is 0. The Morgan fingerprint density at radius 2 is 1.92 bits per heavy atom. The molecule has 3 rings (SSSR count). The number of rotatable bonds is 0. The molecule has 0 spiro atoms. The van der Waals surface area contributed by atoms with E-state index in [0.717, 1.165) is 11.3 Å². The molecule has 0 aliphatic heterocycles. The second-order valence-electron chi connectivity index (χ2n) is 2.51. The minimum absolute atomic E-state index is 0.137. The standard InChI is InChI=1S/C12H7S/c1-3-7-11-9(5-1)10-6-2-4-8-12(10)13-11/h1-5,7-8H/i1D,2D,3D,4D,5D,7D,8D. The van der Waals surface area contributed by atoms with E-state index in [1.165, 1.54) is 0 Å². The van der Waals surface area contributed by atoms with E-state index in [0.29, 0.717) is 14.8 Å². The van der Waals surface area contributed by atoms with Crippen molar-refractivity contribution in [1.82, 2.24) is 0 Å². The predicted molar refractivity (Wildman–Crippen MR) is 58.2 cm³/mol. The van der Waals surface area contributed by atoms with Crippen LogP contribution in [0.5, 0.6) is 0 Å². The van der Waals surface area contributed by atoms with Crippen LogP contribution in [0.2, 0.25) is 0 Å². The topological polar surface area (TPSA) is 0 Å². The van der Waals surface area contributed by atoms with E-state index < -0.39 is 0 Å². The summed E-state index contributed by atoms with van der Waals surface area (Å²) in [4.78, 5) is 0. The molecule has 0 aliphatic rings. The van der Waals surface area contributed by atoms with Gasteiger partial charge < -0.3 is 0 Å². The highest BCUT2D eigenvalue weighted by atomic mass is 32.1. The molecule has 0 aliphatic carbocycles. The Hall–Kier alpha value is -1.34. The Kier molecular flexibility index (Phi) is 0.615. The third-order valence-electron chi connectivity index (χ3n) is 1.76. The highest BCUT2D eigenvalue weighted by Crippen LogP contribution is 2.32. The third kappa shape index (κ3) is 0.973. The van der Waals surface area contributed by atoms with Crippen molar-refractivity contribution in [3.63, 3.8) is 0 Å². The van der Waals surface area contributed by atoms with E-state index in [1.54, 1.807) is 0 Å². The van der Waals surface area contributed by atoms with E-state index in [4.69, 9.17) is 9.60 Å². The van der Waals surface area contributed by atoms with Gasteiger partial charge in [-0.15, -0.1) is 11.3 Å². The lowest BCUT2D eigenvalue weighted by molar-refractivity contribution is 1.83. The summed E-state index contributed by atoms with van der Waals surface area (Å²) in [7, 11) is 0. The van der Waals surface area contributed by atoms with Gasteiger partial charge >= 0.3 is 0 Å². The van der Waals surface area contributed by atoms with Gasteiger partial charge in [0.05, 0.1) is 9.60 Å². The van der Waals surface area contributed by atoms with Crippen LogP contribution in [0.3, 0.4) is 0 Å². The molecule has 1 radical (unpaired) electrons. The smallest absolute Gasteiger partial charge is 0.0638 e. The van der Waals surface area contributed by atoms with Crippen LogP contribution in [0.15, 0.2) is 42.3 Å². The average Bonchev–Trinajstić information content (AvgIpc) is 2.80. The van der Waals surface area contributed by atoms with Gasteiger partial charge in [0.1, 0.15) is 0 Å². The number of benzene rings is 2. The fourth-order valence-corrected chi connectivity index (χ4v) is 2.13. The zero-order chi connectivity index (χ0) is 14.8. The molecule has 0 N–H and O–H groups in total. The van der Waals surface area contributed by atoms with Crippen molar-refractivity contribution in [3.8, 4) is 0 Å². The van der Waals surface area contributed by atoms with Crippen molar-refractivity contribution in [3.05, 3.63) is 48.4 Å². The first-order valence-corrected chi connectivity index (χ1v) is 4.47. The third-order valence-corrected chi connectivity index (χ3v) is 2.78. The fourth-order valence-electron chi connectivity index (χ4n) is 1.21. The summed E-state index contributed by atoms with van der Waals surface area (Å²) < 4.78 is 55.0. The number of hydrogen-bond acceptors (Lipinski definition) is 1. The van der Waals surface area contributed by atoms with Crippen molar-refractivity contribution < 1.29 is 9.60 Å². The molecule has 2 aromatic carbocycles. The lowest BCUT2D eigenvalue weighted by atomic mass is 10.2. The lowest BCUT2D eigenvalue weighted by Gasteiger charge is -1.87. The van der Waals surface area contributed by atoms with Gasteiger partial charge in [0, 0.05) is 20.2 Å². The Balaban J connectivity index is 2.67. The zero-order valence-corrected chi connectivity index (χ0v) is 7.22. The fraction of sp³-hybridized carbons (Fsp3) is 0. The van der Waals surface area contributed by atoms with E-state index in [-0.39, 0.29) is 47.7 Å². The first-order valence-electron chi connectivity index (χ1n) is 7.16. The molecule has 0 amide bonds. The van der Waals surface area contributed by atoms with Gasteiger partial charge in [-0.1, -0.05) is 30.2 Å². The van der Waals surface area contributed by atoms with Crippen LogP contribution in [-0.4, -0.2) is 0 Å². The predicted octanol–water partition coefficient (Wildman–Crippen LogP) is 3.85. The van der Waals surface area contributed by atoms with E-state index in [2.05, 4.69) is 6.07 Å². The molecule has 61 valence electrons. The van der Waals surface area contributed by atoms with Crippen LogP contribution in [0.25, 0.3) is 20.2 Å². The molecule has 1 heterocycles. The summed E-state index contributed by atoms with van der Waals surface area (Å²) in [6, 6.07) is 1.01. The van der Waals surface area contributed by atoms with E-state index in [9.17, 15) is 0 Å². The van der Waals surface area contributed by atoms with Crippen LogP contribution < -0.4 is 0 Å². The van der Waals surface area contributed by atoms with Gasteiger partial charge in [-0.3, -0.25) is 0 Å². The molecule has 13 heavy (non-hydrogen) atoms. The first-order chi connectivity index (χ1) is 9.34. The van der Waals surface area contributed by atoms with Crippen molar-refractivity contribution >= 4 is 31.5 Å². The average molecular weight is 190 g/mol. The highest BCUT2D eigenvalue weighted by Gasteiger charge is 2.01. The molecule has 1 aromatic heterocycles. The molecule has 0 saturated heterocycles. The second-order valence-corrected chi connectivity index (χ2v) is 3.53. The van der Waals surface area contributed by atoms with Gasteiger partial charge in [0.2, 0.25) is 0 Å². The summed E-state index contributed by atoms with van der Waals surface area (Å²) in [6.07, 6.45) is 0. The largest absolute Gasteiger partial charge is 0.135 e.